The smallest absolute Gasteiger partial charge is 0.179 e. The molecule has 1 aromatic carbocycles. The van der Waals surface area contributed by atoms with E-state index in [2.05, 4.69) is 26.1 Å². The molecular weight excluding hydrogens is 286 g/mol. The van der Waals surface area contributed by atoms with E-state index in [0.717, 1.165) is 5.56 Å². The molecule has 0 amide bonds. The number of nitrogens with one attached hydrogen (secondary N) is 1. The van der Waals surface area contributed by atoms with Crippen LogP contribution >= 0.6 is 0 Å². The topological polar surface area (TPSA) is 55.4 Å². The normalized spacial score (nSPS) is 18.6. The maximum atomic E-state index is 11.7. The van der Waals surface area contributed by atoms with Crippen molar-refractivity contribution in [2.45, 2.75) is 50.1 Å². The molecule has 0 heterocycles. The van der Waals surface area contributed by atoms with Crippen molar-refractivity contribution >= 4 is 9.84 Å². The van der Waals surface area contributed by atoms with Gasteiger partial charge in [-0.15, -0.1) is 0 Å². The molecule has 1 aliphatic carbocycles. The molecule has 1 fully saturated rings. The van der Waals surface area contributed by atoms with Gasteiger partial charge in [0.1, 0.15) is 10.6 Å². The van der Waals surface area contributed by atoms with Crippen LogP contribution in [-0.2, 0) is 9.84 Å². The number of hydrogen-bond acceptors (Lipinski definition) is 4. The zero-order chi connectivity index (χ0) is 15.8. The van der Waals surface area contributed by atoms with Gasteiger partial charge in [-0.1, -0.05) is 19.9 Å². The third kappa shape index (κ3) is 3.40. The van der Waals surface area contributed by atoms with Gasteiger partial charge >= 0.3 is 0 Å². The molecule has 21 heavy (non-hydrogen) atoms. The Kier molecular flexibility index (Phi) is 4.36. The van der Waals surface area contributed by atoms with Crippen LogP contribution in [0, 0.1) is 5.92 Å². The van der Waals surface area contributed by atoms with Crippen LogP contribution in [0.4, 0.5) is 0 Å². The largest absolute Gasteiger partial charge is 0.495 e. The zero-order valence-corrected chi connectivity index (χ0v) is 14.3. The third-order valence-electron chi connectivity index (χ3n) is 4.48. The van der Waals surface area contributed by atoms with Crippen LogP contribution in [0.3, 0.4) is 0 Å². The summed E-state index contributed by atoms with van der Waals surface area (Å²) in [5.74, 6) is 1.01. The highest BCUT2D eigenvalue weighted by Gasteiger charge is 2.45. The van der Waals surface area contributed by atoms with Crippen LogP contribution in [-0.4, -0.2) is 27.3 Å². The van der Waals surface area contributed by atoms with E-state index in [0.29, 0.717) is 11.7 Å². The minimum atomic E-state index is -3.27. The maximum Gasteiger partial charge on any atom is 0.179 e. The van der Waals surface area contributed by atoms with E-state index in [4.69, 9.17) is 4.74 Å². The lowest BCUT2D eigenvalue weighted by Crippen LogP contribution is -2.38. The lowest BCUT2D eigenvalue weighted by Gasteiger charge is -2.27. The van der Waals surface area contributed by atoms with E-state index in [9.17, 15) is 8.42 Å². The standard InChI is InChI=1S/C16H25NO3S/c1-11(2)16(8-9-16)17-12(3)13-6-7-15(21(5,18)19)14(10-13)20-4/h6-7,10-12,17H,8-9H2,1-5H3/t12-/m0/s1. The molecule has 0 saturated heterocycles. The highest BCUT2D eigenvalue weighted by Crippen LogP contribution is 2.44. The molecule has 0 aliphatic heterocycles. The molecule has 0 radical (unpaired) electrons. The summed E-state index contributed by atoms with van der Waals surface area (Å²) in [5, 5.41) is 3.69. The average Bonchev–Trinajstić information content (AvgIpc) is 3.17. The van der Waals surface area contributed by atoms with Crippen molar-refractivity contribution in [2.75, 3.05) is 13.4 Å². The van der Waals surface area contributed by atoms with Crippen LogP contribution in [0.15, 0.2) is 23.1 Å². The Morgan fingerprint density at radius 1 is 1.24 bits per heavy atom. The average molecular weight is 311 g/mol. The van der Waals surface area contributed by atoms with Crippen molar-refractivity contribution in [3.63, 3.8) is 0 Å². The van der Waals surface area contributed by atoms with Crippen molar-refractivity contribution in [1.82, 2.24) is 5.32 Å². The molecule has 0 aromatic heterocycles. The summed E-state index contributed by atoms with van der Waals surface area (Å²) in [6.07, 6.45) is 3.60. The van der Waals surface area contributed by atoms with E-state index < -0.39 is 9.84 Å². The lowest BCUT2D eigenvalue weighted by atomic mass is 9.99. The summed E-state index contributed by atoms with van der Waals surface area (Å²) >= 11 is 0. The van der Waals surface area contributed by atoms with Gasteiger partial charge in [0.25, 0.3) is 0 Å². The predicted molar refractivity (Wildman–Crippen MR) is 84.5 cm³/mol. The van der Waals surface area contributed by atoms with Crippen LogP contribution in [0.5, 0.6) is 5.75 Å². The van der Waals surface area contributed by atoms with Crippen molar-refractivity contribution in [3.05, 3.63) is 23.8 Å². The highest BCUT2D eigenvalue weighted by molar-refractivity contribution is 7.90. The summed E-state index contributed by atoms with van der Waals surface area (Å²) in [6.45, 7) is 6.58. The van der Waals surface area contributed by atoms with Gasteiger partial charge < -0.3 is 10.1 Å². The molecule has 2 rings (SSSR count). The maximum absolute atomic E-state index is 11.7. The Morgan fingerprint density at radius 2 is 1.86 bits per heavy atom. The minimum absolute atomic E-state index is 0.164. The van der Waals surface area contributed by atoms with Crippen LogP contribution < -0.4 is 10.1 Å². The molecule has 0 unspecified atom stereocenters. The van der Waals surface area contributed by atoms with E-state index in [1.165, 1.54) is 26.2 Å². The summed E-state index contributed by atoms with van der Waals surface area (Å²) in [6, 6.07) is 5.49. The third-order valence-corrected chi connectivity index (χ3v) is 5.62. The number of benzene rings is 1. The number of hydrogen-bond donors (Lipinski definition) is 1. The number of sulfone groups is 1. The summed E-state index contributed by atoms with van der Waals surface area (Å²) in [4.78, 5) is 0.242. The second-order valence-corrected chi connectivity index (χ2v) is 8.34. The van der Waals surface area contributed by atoms with Gasteiger partial charge in [-0.2, -0.15) is 0 Å². The van der Waals surface area contributed by atoms with Crippen LogP contribution in [0.1, 0.15) is 45.2 Å². The Labute approximate surface area is 127 Å². The first-order chi connectivity index (χ1) is 9.69. The van der Waals surface area contributed by atoms with Crippen molar-refractivity contribution in [2.24, 2.45) is 5.92 Å². The van der Waals surface area contributed by atoms with E-state index >= 15 is 0 Å². The zero-order valence-electron chi connectivity index (χ0n) is 13.4. The Bertz CT molecular complexity index is 618. The van der Waals surface area contributed by atoms with E-state index in [1.807, 2.05) is 12.1 Å². The summed E-state index contributed by atoms with van der Waals surface area (Å²) in [5.41, 5.74) is 1.29. The van der Waals surface area contributed by atoms with Crippen molar-refractivity contribution in [3.8, 4) is 5.75 Å². The molecule has 1 saturated carbocycles. The molecule has 1 N–H and O–H groups in total. The first-order valence-corrected chi connectivity index (χ1v) is 9.24. The molecule has 1 atom stereocenters. The Balaban J connectivity index is 2.25. The highest BCUT2D eigenvalue weighted by atomic mass is 32.2. The van der Waals surface area contributed by atoms with Gasteiger partial charge in [-0.05, 0) is 43.4 Å². The second kappa shape index (κ2) is 5.61. The SMILES string of the molecule is COc1cc([C@H](C)NC2(C(C)C)CC2)ccc1S(C)(=O)=O. The first kappa shape index (κ1) is 16.3. The fourth-order valence-corrected chi connectivity index (χ4v) is 3.62. The van der Waals surface area contributed by atoms with Crippen LogP contribution in [0.2, 0.25) is 0 Å². The van der Waals surface area contributed by atoms with Crippen molar-refractivity contribution in [1.29, 1.82) is 0 Å². The lowest BCUT2D eigenvalue weighted by molar-refractivity contribution is 0.343. The molecule has 5 heteroatoms. The molecule has 0 bridgehead atoms. The first-order valence-electron chi connectivity index (χ1n) is 7.35. The quantitative estimate of drug-likeness (QED) is 0.877. The van der Waals surface area contributed by atoms with Gasteiger partial charge in [0.05, 0.1) is 7.11 Å². The fourth-order valence-electron chi connectivity index (χ4n) is 2.80. The van der Waals surface area contributed by atoms with Gasteiger partial charge in [0.15, 0.2) is 9.84 Å². The molecule has 1 aromatic rings. The fraction of sp³-hybridized carbons (Fsp3) is 0.625. The second-order valence-electron chi connectivity index (χ2n) is 6.36. The summed E-state index contributed by atoms with van der Waals surface area (Å²) in [7, 11) is -1.77. The minimum Gasteiger partial charge on any atom is -0.495 e. The number of methoxy groups -OCH3 is 1. The predicted octanol–water partition coefficient (Wildman–Crippen LogP) is 2.94. The molecule has 4 nitrogen and oxygen atoms in total. The monoisotopic (exact) mass is 311 g/mol. The van der Waals surface area contributed by atoms with Gasteiger partial charge in [0, 0.05) is 17.8 Å². The number of ether oxygens (including phenoxy) is 1. The molecule has 118 valence electrons. The van der Waals surface area contributed by atoms with E-state index in [-0.39, 0.29) is 16.5 Å². The number of rotatable bonds is 6. The summed E-state index contributed by atoms with van der Waals surface area (Å²) < 4.78 is 28.7. The Hall–Kier alpha value is -1.07. The van der Waals surface area contributed by atoms with Gasteiger partial charge in [-0.25, -0.2) is 8.42 Å². The van der Waals surface area contributed by atoms with Crippen molar-refractivity contribution < 1.29 is 13.2 Å². The van der Waals surface area contributed by atoms with E-state index in [1.54, 1.807) is 6.07 Å². The molecule has 1 aliphatic rings. The molecular formula is C16H25NO3S. The van der Waals surface area contributed by atoms with Gasteiger partial charge in [0.2, 0.25) is 0 Å². The Morgan fingerprint density at radius 3 is 2.29 bits per heavy atom. The van der Waals surface area contributed by atoms with Crippen LogP contribution in [0.25, 0.3) is 0 Å². The van der Waals surface area contributed by atoms with Gasteiger partial charge in [-0.3, -0.25) is 0 Å². The molecule has 0 spiro atoms.